The SMILES string of the molecule is Cc1ccc(C2(O)CC(C)N(C3CC3)C2)cn1. The molecule has 0 bridgehead atoms. The number of rotatable bonds is 2. The normalized spacial score (nSPS) is 34.2. The van der Waals surface area contributed by atoms with E-state index in [1.165, 1.54) is 12.8 Å². The van der Waals surface area contributed by atoms with Crippen molar-refractivity contribution in [2.75, 3.05) is 6.54 Å². The zero-order chi connectivity index (χ0) is 12.0. The molecule has 2 atom stereocenters. The molecule has 0 spiro atoms. The number of aryl methyl sites for hydroxylation is 1. The molecule has 17 heavy (non-hydrogen) atoms. The summed E-state index contributed by atoms with van der Waals surface area (Å²) in [6.07, 6.45) is 5.26. The summed E-state index contributed by atoms with van der Waals surface area (Å²) in [6.45, 7) is 4.96. The zero-order valence-corrected chi connectivity index (χ0v) is 10.6. The molecule has 1 aliphatic heterocycles. The van der Waals surface area contributed by atoms with Crippen molar-refractivity contribution in [1.82, 2.24) is 9.88 Å². The fourth-order valence-corrected chi connectivity index (χ4v) is 2.98. The van der Waals surface area contributed by atoms with Crippen LogP contribution >= 0.6 is 0 Å². The molecule has 2 unspecified atom stereocenters. The number of aliphatic hydroxyl groups is 1. The van der Waals surface area contributed by atoms with Crippen molar-refractivity contribution >= 4 is 0 Å². The number of aromatic nitrogens is 1. The first-order chi connectivity index (χ1) is 8.08. The van der Waals surface area contributed by atoms with Crippen molar-refractivity contribution in [2.24, 2.45) is 0 Å². The molecule has 1 saturated heterocycles. The lowest BCUT2D eigenvalue weighted by atomic mass is 9.93. The van der Waals surface area contributed by atoms with Crippen LogP contribution in [0, 0.1) is 6.92 Å². The van der Waals surface area contributed by atoms with Crippen LogP contribution in [0.15, 0.2) is 18.3 Å². The van der Waals surface area contributed by atoms with Crippen LogP contribution < -0.4 is 0 Å². The second-order valence-corrected chi connectivity index (χ2v) is 5.68. The van der Waals surface area contributed by atoms with E-state index in [2.05, 4.69) is 16.8 Å². The standard InChI is InChI=1S/C14H20N2O/c1-10-3-4-12(8-15-10)14(17)7-11(2)16(9-14)13-5-6-13/h3-4,8,11,13,17H,5-7,9H2,1-2H3. The van der Waals surface area contributed by atoms with E-state index >= 15 is 0 Å². The minimum absolute atomic E-state index is 0.480. The third-order valence-corrected chi connectivity index (χ3v) is 4.11. The molecule has 0 radical (unpaired) electrons. The molecule has 2 aliphatic rings. The number of likely N-dealkylation sites (tertiary alicyclic amines) is 1. The number of hydrogen-bond donors (Lipinski definition) is 1. The van der Waals surface area contributed by atoms with E-state index in [1.54, 1.807) is 0 Å². The Kier molecular flexibility index (Phi) is 2.49. The summed E-state index contributed by atoms with van der Waals surface area (Å²) in [5, 5.41) is 10.8. The maximum absolute atomic E-state index is 10.8. The van der Waals surface area contributed by atoms with Gasteiger partial charge in [0.2, 0.25) is 0 Å². The third kappa shape index (κ3) is 1.98. The average molecular weight is 232 g/mol. The van der Waals surface area contributed by atoms with E-state index in [9.17, 15) is 5.11 Å². The summed E-state index contributed by atoms with van der Waals surface area (Å²) in [6, 6.07) is 5.20. The first-order valence-electron chi connectivity index (χ1n) is 6.50. The van der Waals surface area contributed by atoms with Gasteiger partial charge >= 0.3 is 0 Å². The highest BCUT2D eigenvalue weighted by Gasteiger charge is 2.46. The molecule has 92 valence electrons. The topological polar surface area (TPSA) is 36.4 Å². The first kappa shape index (κ1) is 11.2. The minimum Gasteiger partial charge on any atom is -0.384 e. The molecule has 1 aromatic rings. The highest BCUT2D eigenvalue weighted by atomic mass is 16.3. The van der Waals surface area contributed by atoms with Gasteiger partial charge in [0.1, 0.15) is 5.60 Å². The molecule has 1 aliphatic carbocycles. The Balaban J connectivity index is 1.84. The van der Waals surface area contributed by atoms with Gasteiger partial charge < -0.3 is 5.11 Å². The van der Waals surface area contributed by atoms with Gasteiger partial charge in [-0.3, -0.25) is 9.88 Å². The largest absolute Gasteiger partial charge is 0.384 e. The molecular formula is C14H20N2O. The van der Waals surface area contributed by atoms with Crippen molar-refractivity contribution in [2.45, 2.75) is 50.8 Å². The van der Waals surface area contributed by atoms with Gasteiger partial charge in [-0.2, -0.15) is 0 Å². The van der Waals surface area contributed by atoms with Crippen LogP contribution in [0.3, 0.4) is 0 Å². The van der Waals surface area contributed by atoms with Gasteiger partial charge in [0.15, 0.2) is 0 Å². The van der Waals surface area contributed by atoms with E-state index in [0.29, 0.717) is 6.04 Å². The highest BCUT2D eigenvalue weighted by Crippen LogP contribution is 2.41. The van der Waals surface area contributed by atoms with Crippen LogP contribution in [-0.4, -0.2) is 33.6 Å². The predicted molar refractivity (Wildman–Crippen MR) is 66.7 cm³/mol. The number of β-amino-alcohol motifs (C(OH)–C–C–N with tert-alkyl or cyclic N) is 1. The Morgan fingerprint density at radius 1 is 1.41 bits per heavy atom. The molecule has 3 rings (SSSR count). The smallest absolute Gasteiger partial charge is 0.105 e. The van der Waals surface area contributed by atoms with Crippen molar-refractivity contribution in [1.29, 1.82) is 0 Å². The number of nitrogens with zero attached hydrogens (tertiary/aromatic N) is 2. The van der Waals surface area contributed by atoms with Gasteiger partial charge in [-0.1, -0.05) is 6.07 Å². The van der Waals surface area contributed by atoms with Crippen LogP contribution in [-0.2, 0) is 5.60 Å². The fourth-order valence-electron chi connectivity index (χ4n) is 2.98. The molecule has 0 amide bonds. The summed E-state index contributed by atoms with van der Waals surface area (Å²) in [5.74, 6) is 0. The predicted octanol–water partition coefficient (Wildman–Crippen LogP) is 1.83. The van der Waals surface area contributed by atoms with Gasteiger partial charge in [-0.05, 0) is 39.2 Å². The Morgan fingerprint density at radius 3 is 2.76 bits per heavy atom. The van der Waals surface area contributed by atoms with Crippen LogP contribution in [0.5, 0.6) is 0 Å². The summed E-state index contributed by atoms with van der Waals surface area (Å²) in [7, 11) is 0. The van der Waals surface area contributed by atoms with Crippen molar-refractivity contribution in [3.8, 4) is 0 Å². The van der Waals surface area contributed by atoms with E-state index in [1.807, 2.05) is 25.3 Å². The van der Waals surface area contributed by atoms with Crippen molar-refractivity contribution in [3.05, 3.63) is 29.6 Å². The summed E-state index contributed by atoms with van der Waals surface area (Å²) >= 11 is 0. The van der Waals surface area contributed by atoms with Crippen molar-refractivity contribution in [3.63, 3.8) is 0 Å². The molecule has 2 fully saturated rings. The van der Waals surface area contributed by atoms with Crippen LogP contribution in [0.4, 0.5) is 0 Å². The highest BCUT2D eigenvalue weighted by molar-refractivity contribution is 5.23. The molecule has 1 N–H and O–H groups in total. The summed E-state index contributed by atoms with van der Waals surface area (Å²) in [4.78, 5) is 6.76. The maximum atomic E-state index is 10.8. The Labute approximate surface area is 102 Å². The molecule has 3 nitrogen and oxygen atoms in total. The molecule has 3 heteroatoms. The lowest BCUT2D eigenvalue weighted by Gasteiger charge is -2.23. The van der Waals surface area contributed by atoms with Gasteiger partial charge in [-0.25, -0.2) is 0 Å². The quantitative estimate of drug-likeness (QED) is 0.845. The molecule has 0 aromatic carbocycles. The Morgan fingerprint density at radius 2 is 2.18 bits per heavy atom. The zero-order valence-electron chi connectivity index (χ0n) is 10.6. The number of hydrogen-bond acceptors (Lipinski definition) is 3. The van der Waals surface area contributed by atoms with E-state index in [4.69, 9.17) is 0 Å². The lowest BCUT2D eigenvalue weighted by Crippen LogP contribution is -2.33. The monoisotopic (exact) mass is 232 g/mol. The third-order valence-electron chi connectivity index (χ3n) is 4.11. The molecule has 2 heterocycles. The fraction of sp³-hybridized carbons (Fsp3) is 0.643. The Bertz CT molecular complexity index is 413. The van der Waals surface area contributed by atoms with Crippen LogP contribution in [0.1, 0.15) is 37.4 Å². The van der Waals surface area contributed by atoms with Gasteiger partial charge in [0, 0.05) is 36.1 Å². The lowest BCUT2D eigenvalue weighted by molar-refractivity contribution is 0.0448. The van der Waals surface area contributed by atoms with Gasteiger partial charge in [0.25, 0.3) is 0 Å². The van der Waals surface area contributed by atoms with Gasteiger partial charge in [0.05, 0.1) is 0 Å². The van der Waals surface area contributed by atoms with E-state index in [-0.39, 0.29) is 0 Å². The maximum Gasteiger partial charge on any atom is 0.105 e. The van der Waals surface area contributed by atoms with E-state index < -0.39 is 5.60 Å². The average Bonchev–Trinajstić information content (AvgIpc) is 3.06. The summed E-state index contributed by atoms with van der Waals surface area (Å²) in [5.41, 5.74) is 1.28. The second-order valence-electron chi connectivity index (χ2n) is 5.68. The molecule has 1 aromatic heterocycles. The minimum atomic E-state index is -0.692. The van der Waals surface area contributed by atoms with Crippen LogP contribution in [0.2, 0.25) is 0 Å². The van der Waals surface area contributed by atoms with Gasteiger partial charge in [-0.15, -0.1) is 0 Å². The van der Waals surface area contributed by atoms with E-state index in [0.717, 1.165) is 30.3 Å². The van der Waals surface area contributed by atoms with Crippen LogP contribution in [0.25, 0.3) is 0 Å². The summed E-state index contributed by atoms with van der Waals surface area (Å²) < 4.78 is 0. The Hall–Kier alpha value is -0.930. The molecule has 1 saturated carbocycles. The molecular weight excluding hydrogens is 212 g/mol. The first-order valence-corrected chi connectivity index (χ1v) is 6.50. The van der Waals surface area contributed by atoms with Crippen molar-refractivity contribution < 1.29 is 5.11 Å². The second kappa shape index (κ2) is 3.79. The number of pyridine rings is 1.